The minimum absolute atomic E-state index is 0.250. The fourth-order valence-corrected chi connectivity index (χ4v) is 2.37. The van der Waals surface area contributed by atoms with Gasteiger partial charge in [0.15, 0.2) is 11.5 Å². The predicted molar refractivity (Wildman–Crippen MR) is 79.9 cm³/mol. The Kier molecular flexibility index (Phi) is 5.20. The lowest BCUT2D eigenvalue weighted by molar-refractivity contribution is -0.140. The smallest absolute Gasteiger partial charge is 0.331 e. The fraction of sp³-hybridized carbons (Fsp3) is 0.500. The van der Waals surface area contributed by atoms with Crippen molar-refractivity contribution in [1.29, 1.82) is 0 Å². The molecule has 21 heavy (non-hydrogen) atoms. The summed E-state index contributed by atoms with van der Waals surface area (Å²) in [5.41, 5.74) is 1.45. The van der Waals surface area contributed by atoms with Gasteiger partial charge < -0.3 is 14.3 Å². The molecule has 0 aliphatic heterocycles. The van der Waals surface area contributed by atoms with Gasteiger partial charge in [-0.1, -0.05) is 5.16 Å². The van der Waals surface area contributed by atoms with Crippen LogP contribution in [0.2, 0.25) is 0 Å². The van der Waals surface area contributed by atoms with E-state index < -0.39 is 5.97 Å². The molecule has 0 N–H and O–H groups in total. The highest BCUT2D eigenvalue weighted by atomic mass is 16.7. The van der Waals surface area contributed by atoms with Crippen LogP contribution in [0, 0.1) is 0 Å². The zero-order valence-electron chi connectivity index (χ0n) is 12.7. The Morgan fingerprint density at radius 2 is 1.90 bits per heavy atom. The maximum absolute atomic E-state index is 10.8. The van der Waals surface area contributed by atoms with E-state index in [1.165, 1.54) is 19.8 Å². The molecule has 5 nitrogen and oxygen atoms in total. The average molecular weight is 291 g/mol. The van der Waals surface area contributed by atoms with Crippen molar-refractivity contribution in [3.05, 3.63) is 23.8 Å². The van der Waals surface area contributed by atoms with Crippen LogP contribution in [0.4, 0.5) is 0 Å². The highest BCUT2D eigenvalue weighted by Crippen LogP contribution is 2.32. The molecule has 0 atom stereocenters. The van der Waals surface area contributed by atoms with E-state index in [4.69, 9.17) is 9.47 Å². The Labute approximate surface area is 124 Å². The number of hydrogen-bond donors (Lipinski definition) is 0. The summed E-state index contributed by atoms with van der Waals surface area (Å²) in [7, 11) is 1.62. The molecule has 5 heteroatoms. The maximum atomic E-state index is 10.8. The molecule has 1 fully saturated rings. The van der Waals surface area contributed by atoms with Crippen LogP contribution in [0.3, 0.4) is 0 Å². The maximum Gasteiger partial charge on any atom is 0.331 e. The summed E-state index contributed by atoms with van der Waals surface area (Å²) < 4.78 is 11.4. The Balaban J connectivity index is 2.19. The molecule has 0 radical (unpaired) electrons. The van der Waals surface area contributed by atoms with E-state index in [-0.39, 0.29) is 6.10 Å². The molecule has 0 bridgehead atoms. The number of hydrogen-bond acceptors (Lipinski definition) is 5. The van der Waals surface area contributed by atoms with Gasteiger partial charge in [-0.05, 0) is 50.8 Å². The number of ether oxygens (including phenoxy) is 2. The summed E-state index contributed by atoms with van der Waals surface area (Å²) >= 11 is 0. The van der Waals surface area contributed by atoms with Crippen molar-refractivity contribution >= 4 is 11.7 Å². The second kappa shape index (κ2) is 7.11. The largest absolute Gasteiger partial charge is 0.493 e. The topological polar surface area (TPSA) is 57.1 Å². The highest BCUT2D eigenvalue weighted by Gasteiger charge is 2.19. The van der Waals surface area contributed by atoms with Crippen molar-refractivity contribution in [2.24, 2.45) is 5.16 Å². The highest BCUT2D eigenvalue weighted by molar-refractivity contribution is 5.99. The second-order valence-corrected chi connectivity index (χ2v) is 5.15. The SMILES string of the molecule is COc1ccc(/C(C)=N\OC(C)=O)cc1OC1CCCC1. The van der Waals surface area contributed by atoms with Gasteiger partial charge in [0, 0.05) is 12.5 Å². The number of carbonyl (C=O) groups is 1. The number of methoxy groups -OCH3 is 1. The minimum atomic E-state index is -0.440. The molecular weight excluding hydrogens is 270 g/mol. The van der Waals surface area contributed by atoms with E-state index in [9.17, 15) is 4.79 Å². The Hall–Kier alpha value is -2.04. The molecule has 1 saturated carbocycles. The molecule has 1 aromatic carbocycles. The normalized spacial score (nSPS) is 15.9. The van der Waals surface area contributed by atoms with Crippen LogP contribution in [0.25, 0.3) is 0 Å². The van der Waals surface area contributed by atoms with Crippen molar-refractivity contribution in [2.45, 2.75) is 45.6 Å². The van der Waals surface area contributed by atoms with Crippen molar-refractivity contribution < 1.29 is 19.1 Å². The van der Waals surface area contributed by atoms with Gasteiger partial charge in [0.2, 0.25) is 0 Å². The number of rotatable bonds is 5. The lowest BCUT2D eigenvalue weighted by atomic mass is 10.1. The van der Waals surface area contributed by atoms with Gasteiger partial charge >= 0.3 is 5.97 Å². The standard InChI is InChI=1S/C16H21NO4/c1-11(17-21-12(2)18)13-8-9-15(19-3)16(10-13)20-14-6-4-5-7-14/h8-10,14H,4-7H2,1-3H3/b17-11-. The van der Waals surface area contributed by atoms with Gasteiger partial charge in [-0.3, -0.25) is 0 Å². The van der Waals surface area contributed by atoms with Gasteiger partial charge in [-0.2, -0.15) is 0 Å². The van der Waals surface area contributed by atoms with Crippen LogP contribution in [0.5, 0.6) is 11.5 Å². The molecule has 0 aromatic heterocycles. The minimum Gasteiger partial charge on any atom is -0.493 e. The van der Waals surface area contributed by atoms with Crippen molar-refractivity contribution in [3.8, 4) is 11.5 Å². The number of carbonyl (C=O) groups excluding carboxylic acids is 1. The van der Waals surface area contributed by atoms with Crippen LogP contribution in [0.1, 0.15) is 45.1 Å². The quantitative estimate of drug-likeness (QED) is 0.474. The number of nitrogens with zero attached hydrogens (tertiary/aromatic N) is 1. The monoisotopic (exact) mass is 291 g/mol. The van der Waals surface area contributed by atoms with E-state index in [2.05, 4.69) is 9.99 Å². The summed E-state index contributed by atoms with van der Waals surface area (Å²) in [4.78, 5) is 15.5. The van der Waals surface area contributed by atoms with Crippen molar-refractivity contribution in [1.82, 2.24) is 0 Å². The summed E-state index contributed by atoms with van der Waals surface area (Å²) in [5.74, 6) is 0.968. The molecule has 0 unspecified atom stereocenters. The zero-order chi connectivity index (χ0) is 15.2. The first-order valence-corrected chi connectivity index (χ1v) is 7.17. The second-order valence-electron chi connectivity index (χ2n) is 5.15. The summed E-state index contributed by atoms with van der Waals surface area (Å²) in [5, 5.41) is 3.79. The summed E-state index contributed by atoms with van der Waals surface area (Å²) in [6, 6.07) is 5.58. The predicted octanol–water partition coefficient (Wildman–Crippen LogP) is 3.30. The molecule has 0 heterocycles. The molecule has 0 saturated heterocycles. The van der Waals surface area contributed by atoms with E-state index >= 15 is 0 Å². The van der Waals surface area contributed by atoms with E-state index in [0.717, 1.165) is 18.4 Å². The first-order valence-electron chi connectivity index (χ1n) is 7.17. The molecule has 0 amide bonds. The van der Waals surface area contributed by atoms with Crippen LogP contribution in [-0.2, 0) is 9.63 Å². The van der Waals surface area contributed by atoms with Crippen LogP contribution in [0.15, 0.2) is 23.4 Å². The molecule has 1 aliphatic carbocycles. The van der Waals surface area contributed by atoms with E-state index in [1.807, 2.05) is 18.2 Å². The Bertz CT molecular complexity index is 533. The molecule has 1 aromatic rings. The van der Waals surface area contributed by atoms with Gasteiger partial charge in [0.25, 0.3) is 0 Å². The Morgan fingerprint density at radius 3 is 2.52 bits per heavy atom. The number of oxime groups is 1. The molecule has 1 aliphatic rings. The Morgan fingerprint density at radius 1 is 1.19 bits per heavy atom. The van der Waals surface area contributed by atoms with Crippen LogP contribution < -0.4 is 9.47 Å². The molecule has 114 valence electrons. The third kappa shape index (κ3) is 4.21. The third-order valence-corrected chi connectivity index (χ3v) is 3.49. The number of benzene rings is 1. The van der Waals surface area contributed by atoms with Crippen molar-refractivity contribution in [2.75, 3.05) is 7.11 Å². The third-order valence-electron chi connectivity index (χ3n) is 3.49. The van der Waals surface area contributed by atoms with Gasteiger partial charge in [-0.15, -0.1) is 0 Å². The average Bonchev–Trinajstić information content (AvgIpc) is 2.97. The van der Waals surface area contributed by atoms with Gasteiger partial charge in [0.05, 0.1) is 18.9 Å². The first-order chi connectivity index (χ1) is 10.1. The summed E-state index contributed by atoms with van der Waals surface area (Å²) in [6.45, 7) is 3.10. The van der Waals surface area contributed by atoms with Gasteiger partial charge in [0.1, 0.15) is 0 Å². The zero-order valence-corrected chi connectivity index (χ0v) is 12.7. The van der Waals surface area contributed by atoms with Gasteiger partial charge in [-0.25, -0.2) is 4.79 Å². The first kappa shape index (κ1) is 15.4. The lowest BCUT2D eigenvalue weighted by Gasteiger charge is -2.16. The van der Waals surface area contributed by atoms with E-state index in [1.54, 1.807) is 14.0 Å². The van der Waals surface area contributed by atoms with E-state index in [0.29, 0.717) is 17.2 Å². The molecular formula is C16H21NO4. The molecule has 2 rings (SSSR count). The van der Waals surface area contributed by atoms with Crippen molar-refractivity contribution in [3.63, 3.8) is 0 Å². The van der Waals surface area contributed by atoms with Crippen LogP contribution in [-0.4, -0.2) is 24.9 Å². The molecule has 0 spiro atoms. The fourth-order valence-electron chi connectivity index (χ4n) is 2.37. The van der Waals surface area contributed by atoms with Crippen LogP contribution >= 0.6 is 0 Å². The summed E-state index contributed by atoms with van der Waals surface area (Å²) in [6.07, 6.45) is 4.82. The lowest BCUT2D eigenvalue weighted by Crippen LogP contribution is -2.12.